The zero-order valence-electron chi connectivity index (χ0n) is 13.8. The summed E-state index contributed by atoms with van der Waals surface area (Å²) >= 11 is 0. The summed E-state index contributed by atoms with van der Waals surface area (Å²) in [5, 5.41) is 2.26. The van der Waals surface area contributed by atoms with E-state index in [9.17, 15) is 4.39 Å². The van der Waals surface area contributed by atoms with Gasteiger partial charge in [0.2, 0.25) is 0 Å². The van der Waals surface area contributed by atoms with Crippen LogP contribution in [-0.2, 0) is 11.8 Å². The standard InChI is InChI=1S/C18H21FN4O/c1-22-16-4-8-20-12-15(16)14-2-3-17(21-18(14)22)23-9-5-13(6-10-23)24-11-7-19/h2-4,8,12-13H,5-7,9-11H2,1H3. The van der Waals surface area contributed by atoms with Crippen molar-refractivity contribution in [3.8, 4) is 0 Å². The number of hydrogen-bond acceptors (Lipinski definition) is 4. The van der Waals surface area contributed by atoms with Gasteiger partial charge in [-0.15, -0.1) is 0 Å². The zero-order valence-corrected chi connectivity index (χ0v) is 13.8. The molecule has 1 fully saturated rings. The van der Waals surface area contributed by atoms with Crippen molar-refractivity contribution in [2.45, 2.75) is 18.9 Å². The van der Waals surface area contributed by atoms with Crippen molar-refractivity contribution >= 4 is 27.8 Å². The first-order valence-electron chi connectivity index (χ1n) is 8.39. The van der Waals surface area contributed by atoms with Crippen LogP contribution < -0.4 is 4.90 Å². The molecule has 0 aliphatic carbocycles. The minimum atomic E-state index is -0.408. The number of anilines is 1. The Morgan fingerprint density at radius 3 is 2.83 bits per heavy atom. The van der Waals surface area contributed by atoms with Crippen LogP contribution in [0.3, 0.4) is 0 Å². The highest BCUT2D eigenvalue weighted by Crippen LogP contribution is 2.29. The molecule has 0 N–H and O–H groups in total. The van der Waals surface area contributed by atoms with Crippen molar-refractivity contribution in [1.29, 1.82) is 0 Å². The summed E-state index contributed by atoms with van der Waals surface area (Å²) in [5.74, 6) is 0.991. The molecule has 4 heterocycles. The molecule has 0 aromatic carbocycles. The highest BCUT2D eigenvalue weighted by atomic mass is 19.1. The minimum absolute atomic E-state index is 0.171. The molecule has 4 rings (SSSR count). The molecule has 0 atom stereocenters. The first-order valence-corrected chi connectivity index (χ1v) is 8.39. The van der Waals surface area contributed by atoms with E-state index in [1.165, 1.54) is 0 Å². The lowest BCUT2D eigenvalue weighted by Gasteiger charge is -2.32. The fourth-order valence-electron chi connectivity index (χ4n) is 3.54. The first kappa shape index (κ1) is 15.3. The van der Waals surface area contributed by atoms with E-state index < -0.39 is 6.67 Å². The number of nitrogens with zero attached hydrogens (tertiary/aromatic N) is 4. The number of alkyl halides is 1. The van der Waals surface area contributed by atoms with Crippen LogP contribution in [-0.4, -0.2) is 47.0 Å². The summed E-state index contributed by atoms with van der Waals surface area (Å²) in [7, 11) is 2.04. The zero-order chi connectivity index (χ0) is 16.5. The van der Waals surface area contributed by atoms with Crippen molar-refractivity contribution in [1.82, 2.24) is 14.5 Å². The maximum absolute atomic E-state index is 12.2. The molecular weight excluding hydrogens is 307 g/mol. The van der Waals surface area contributed by atoms with Gasteiger partial charge in [-0.1, -0.05) is 0 Å². The van der Waals surface area contributed by atoms with Gasteiger partial charge in [-0.3, -0.25) is 4.98 Å². The van der Waals surface area contributed by atoms with E-state index in [1.54, 1.807) is 0 Å². The number of piperidine rings is 1. The third-order valence-electron chi connectivity index (χ3n) is 4.82. The Morgan fingerprint density at radius 2 is 2.04 bits per heavy atom. The molecule has 6 heteroatoms. The van der Waals surface area contributed by atoms with Crippen molar-refractivity contribution in [2.75, 3.05) is 31.3 Å². The monoisotopic (exact) mass is 328 g/mol. The molecule has 0 radical (unpaired) electrons. The molecule has 0 bridgehead atoms. The fraction of sp³-hybridized carbons (Fsp3) is 0.444. The predicted octanol–water partition coefficient (Wildman–Crippen LogP) is 3.08. The quantitative estimate of drug-likeness (QED) is 0.738. The van der Waals surface area contributed by atoms with Crippen molar-refractivity contribution in [2.24, 2.45) is 7.05 Å². The topological polar surface area (TPSA) is 43.2 Å². The molecule has 126 valence electrons. The Kier molecular flexibility index (Phi) is 4.06. The number of pyridine rings is 2. The Morgan fingerprint density at radius 1 is 1.21 bits per heavy atom. The van der Waals surface area contributed by atoms with Crippen LogP contribution >= 0.6 is 0 Å². The minimum Gasteiger partial charge on any atom is -0.375 e. The van der Waals surface area contributed by atoms with E-state index in [1.807, 2.05) is 25.5 Å². The molecule has 1 aliphatic rings. The van der Waals surface area contributed by atoms with Crippen LogP contribution in [0.1, 0.15) is 12.8 Å². The Hall–Kier alpha value is -2.21. The lowest BCUT2D eigenvalue weighted by atomic mass is 10.1. The molecule has 3 aromatic heterocycles. The molecule has 0 saturated carbocycles. The van der Waals surface area contributed by atoms with Crippen LogP contribution in [0.25, 0.3) is 21.9 Å². The van der Waals surface area contributed by atoms with Gasteiger partial charge >= 0.3 is 0 Å². The van der Waals surface area contributed by atoms with Gasteiger partial charge in [0.1, 0.15) is 18.1 Å². The average molecular weight is 328 g/mol. The van der Waals surface area contributed by atoms with Gasteiger partial charge in [-0.05, 0) is 31.0 Å². The normalized spacial score (nSPS) is 16.3. The molecule has 0 unspecified atom stereocenters. The second-order valence-electron chi connectivity index (χ2n) is 6.24. The molecular formula is C18H21FN4O. The second-order valence-corrected chi connectivity index (χ2v) is 6.24. The summed E-state index contributed by atoms with van der Waals surface area (Å²) in [5.41, 5.74) is 2.12. The largest absolute Gasteiger partial charge is 0.375 e. The second kappa shape index (κ2) is 6.36. The maximum Gasteiger partial charge on any atom is 0.143 e. The summed E-state index contributed by atoms with van der Waals surface area (Å²) in [6.45, 7) is 1.58. The van der Waals surface area contributed by atoms with E-state index in [4.69, 9.17) is 9.72 Å². The Balaban J connectivity index is 1.60. The summed E-state index contributed by atoms with van der Waals surface area (Å²) in [6, 6.07) is 6.23. The third-order valence-corrected chi connectivity index (χ3v) is 4.82. The average Bonchev–Trinajstić information content (AvgIpc) is 2.93. The lowest BCUT2D eigenvalue weighted by Crippen LogP contribution is -2.37. The van der Waals surface area contributed by atoms with Gasteiger partial charge in [-0.2, -0.15) is 0 Å². The van der Waals surface area contributed by atoms with Gasteiger partial charge in [0.25, 0.3) is 0 Å². The number of aryl methyl sites for hydroxylation is 1. The van der Waals surface area contributed by atoms with Gasteiger partial charge < -0.3 is 14.2 Å². The number of ether oxygens (including phenoxy) is 1. The predicted molar refractivity (Wildman–Crippen MR) is 93.2 cm³/mol. The lowest BCUT2D eigenvalue weighted by molar-refractivity contribution is 0.0293. The number of halogens is 1. The van der Waals surface area contributed by atoms with Gasteiger partial charge in [-0.25, -0.2) is 9.37 Å². The summed E-state index contributed by atoms with van der Waals surface area (Å²) < 4.78 is 19.8. The number of fused-ring (bicyclic) bond motifs is 3. The van der Waals surface area contributed by atoms with Gasteiger partial charge in [0.15, 0.2) is 0 Å². The van der Waals surface area contributed by atoms with E-state index in [2.05, 4.69) is 26.6 Å². The van der Waals surface area contributed by atoms with E-state index in [-0.39, 0.29) is 12.7 Å². The van der Waals surface area contributed by atoms with Crippen molar-refractivity contribution in [3.05, 3.63) is 30.6 Å². The molecule has 1 saturated heterocycles. The molecule has 0 spiro atoms. The van der Waals surface area contributed by atoms with E-state index in [0.29, 0.717) is 0 Å². The Labute approximate surface area is 140 Å². The van der Waals surface area contributed by atoms with Crippen LogP contribution in [0.4, 0.5) is 10.2 Å². The molecule has 24 heavy (non-hydrogen) atoms. The van der Waals surface area contributed by atoms with Gasteiger partial charge in [0.05, 0.1) is 18.2 Å². The third kappa shape index (κ3) is 2.60. The van der Waals surface area contributed by atoms with Crippen LogP contribution in [0, 0.1) is 0 Å². The number of aromatic nitrogens is 3. The maximum atomic E-state index is 12.2. The smallest absolute Gasteiger partial charge is 0.143 e. The van der Waals surface area contributed by atoms with Crippen LogP contribution in [0.5, 0.6) is 0 Å². The van der Waals surface area contributed by atoms with E-state index >= 15 is 0 Å². The first-order chi connectivity index (χ1) is 11.8. The summed E-state index contributed by atoms with van der Waals surface area (Å²) in [4.78, 5) is 11.4. The molecule has 5 nitrogen and oxygen atoms in total. The van der Waals surface area contributed by atoms with Crippen LogP contribution in [0.2, 0.25) is 0 Å². The number of rotatable bonds is 4. The SMILES string of the molecule is Cn1c2ccncc2c2ccc(N3CCC(OCCF)CC3)nc21. The number of hydrogen-bond donors (Lipinski definition) is 0. The molecule has 0 amide bonds. The van der Waals surface area contributed by atoms with Gasteiger partial charge in [0, 0.05) is 43.3 Å². The molecule has 3 aromatic rings. The molecule has 1 aliphatic heterocycles. The van der Waals surface area contributed by atoms with E-state index in [0.717, 1.165) is 53.7 Å². The fourth-order valence-corrected chi connectivity index (χ4v) is 3.54. The van der Waals surface area contributed by atoms with Crippen LogP contribution in [0.15, 0.2) is 30.6 Å². The highest BCUT2D eigenvalue weighted by molar-refractivity contribution is 6.06. The highest BCUT2D eigenvalue weighted by Gasteiger charge is 2.21. The van der Waals surface area contributed by atoms with Crippen molar-refractivity contribution in [3.63, 3.8) is 0 Å². The van der Waals surface area contributed by atoms with Crippen molar-refractivity contribution < 1.29 is 9.13 Å². The summed E-state index contributed by atoms with van der Waals surface area (Å²) in [6.07, 6.45) is 5.71. The Bertz CT molecular complexity index is 855.